The fourth-order valence-electron chi connectivity index (χ4n) is 8.89. The number of ether oxygens (including phenoxy) is 4. The van der Waals surface area contributed by atoms with Gasteiger partial charge in [-0.25, -0.2) is 14.8 Å². The van der Waals surface area contributed by atoms with E-state index in [-0.39, 0.29) is 42.0 Å². The Morgan fingerprint density at radius 3 is 1.71 bits per heavy atom. The summed E-state index contributed by atoms with van der Waals surface area (Å²) in [6, 6.07) is 6.93. The summed E-state index contributed by atoms with van der Waals surface area (Å²) in [5, 5.41) is 6.11. The van der Waals surface area contributed by atoms with Crippen LogP contribution in [0.4, 0.5) is 4.79 Å². The number of hydrogen-bond donors (Lipinski definition) is 4. The number of nitrogens with one attached hydrogen (secondary N) is 4. The molecule has 2 aromatic carbocycles. The molecule has 5 atom stereocenters. The lowest BCUT2D eigenvalue weighted by Gasteiger charge is -2.32. The maximum absolute atomic E-state index is 13.8. The molecule has 6 heterocycles. The number of nitrogens with zero attached hydrogens (tertiary/aromatic N) is 4. The Hall–Kier alpha value is -5.41. The van der Waals surface area contributed by atoms with Crippen LogP contribution in [0.25, 0.3) is 33.6 Å². The normalized spacial score (nSPS) is 19.7. The Morgan fingerprint density at radius 2 is 1.26 bits per heavy atom. The standard InChI is InChI=1S/C43H54N8O7/c1-22(2)37(49-43(54)56-7)41(52)50-12-8-10-31(50)39-44-18-29(47-39)25-14-27-20-58-34-17-26(15-28-21-57-33(16-25)35(27)36(28)34)30-19-45-40(48-30)32-11-9-13-51(32)42(53)38(24(5)55-6)46-23(3)4/h14-19,22-24,31-32,37-38,46H,8-13,20-21H2,1-7H3,(H,44,47)(H,45,48)(H,49,54)/t24-,31+,32+,37+,38+/m1/s1. The fraction of sp³-hybridized carbons (Fsp3) is 0.512. The van der Waals surface area contributed by atoms with E-state index in [1.54, 1.807) is 13.3 Å². The van der Waals surface area contributed by atoms with Gasteiger partial charge < -0.3 is 49.3 Å². The molecule has 0 aliphatic carbocycles. The van der Waals surface area contributed by atoms with Crippen molar-refractivity contribution in [3.8, 4) is 45.1 Å². The van der Waals surface area contributed by atoms with Gasteiger partial charge in [0.25, 0.3) is 0 Å². The molecule has 15 heteroatoms. The van der Waals surface area contributed by atoms with Gasteiger partial charge in [0.1, 0.15) is 48.4 Å². The van der Waals surface area contributed by atoms with Crippen LogP contribution in [-0.2, 0) is 32.3 Å². The second-order valence-corrected chi connectivity index (χ2v) is 16.4. The molecule has 58 heavy (non-hydrogen) atoms. The number of amides is 3. The summed E-state index contributed by atoms with van der Waals surface area (Å²) in [7, 11) is 2.93. The Balaban J connectivity index is 1.02. The minimum atomic E-state index is -0.704. The van der Waals surface area contributed by atoms with Gasteiger partial charge in [-0.2, -0.15) is 0 Å². The summed E-state index contributed by atoms with van der Waals surface area (Å²) in [4.78, 5) is 59.8. The monoisotopic (exact) mass is 794 g/mol. The van der Waals surface area contributed by atoms with Crippen LogP contribution in [0.3, 0.4) is 0 Å². The molecule has 8 rings (SSSR count). The lowest BCUT2D eigenvalue weighted by Crippen LogP contribution is -2.54. The molecule has 0 unspecified atom stereocenters. The van der Waals surface area contributed by atoms with Gasteiger partial charge in [-0.15, -0.1) is 0 Å². The maximum atomic E-state index is 13.8. The van der Waals surface area contributed by atoms with E-state index in [4.69, 9.17) is 28.9 Å². The number of rotatable bonds is 12. The summed E-state index contributed by atoms with van der Waals surface area (Å²) < 4.78 is 23.3. The van der Waals surface area contributed by atoms with E-state index in [2.05, 4.69) is 38.8 Å². The van der Waals surface area contributed by atoms with Crippen molar-refractivity contribution in [3.63, 3.8) is 0 Å². The number of benzene rings is 2. The minimum absolute atomic E-state index is 0.0245. The second-order valence-electron chi connectivity index (χ2n) is 16.4. The van der Waals surface area contributed by atoms with Crippen molar-refractivity contribution in [2.75, 3.05) is 27.3 Å². The summed E-state index contributed by atoms with van der Waals surface area (Å²) in [5.41, 5.74) is 7.62. The van der Waals surface area contributed by atoms with Gasteiger partial charge >= 0.3 is 6.09 Å². The highest BCUT2D eigenvalue weighted by Crippen LogP contribution is 2.51. The Morgan fingerprint density at radius 1 is 0.759 bits per heavy atom. The zero-order valence-electron chi connectivity index (χ0n) is 34.3. The molecule has 4 aromatic rings. The Bertz CT molecular complexity index is 2150. The van der Waals surface area contributed by atoms with E-state index in [1.807, 2.05) is 56.7 Å². The van der Waals surface area contributed by atoms with Crippen LogP contribution in [0.15, 0.2) is 36.7 Å². The lowest BCUT2D eigenvalue weighted by atomic mass is 9.87. The van der Waals surface area contributed by atoms with E-state index in [0.717, 1.165) is 87.8 Å². The summed E-state index contributed by atoms with van der Waals surface area (Å²) in [5.74, 6) is 2.80. The molecule has 4 aliphatic heterocycles. The van der Waals surface area contributed by atoms with E-state index in [0.29, 0.717) is 32.1 Å². The predicted octanol–water partition coefficient (Wildman–Crippen LogP) is 6.03. The van der Waals surface area contributed by atoms with Gasteiger partial charge in [0.2, 0.25) is 11.8 Å². The number of carbonyl (C=O) groups is 3. The van der Waals surface area contributed by atoms with Crippen molar-refractivity contribution < 1.29 is 33.3 Å². The van der Waals surface area contributed by atoms with Crippen molar-refractivity contribution in [1.82, 2.24) is 40.4 Å². The third-order valence-electron chi connectivity index (χ3n) is 11.9. The van der Waals surface area contributed by atoms with Crippen LogP contribution in [0.5, 0.6) is 11.5 Å². The molecule has 0 bridgehead atoms. The molecule has 2 aromatic heterocycles. The van der Waals surface area contributed by atoms with Gasteiger partial charge in [-0.05, 0) is 62.8 Å². The number of carbonyl (C=O) groups excluding carboxylic acids is 3. The molecule has 0 saturated carbocycles. The van der Waals surface area contributed by atoms with Crippen LogP contribution in [0.1, 0.15) is 95.2 Å². The average Bonchev–Trinajstić information content (AvgIpc) is 4.06. The van der Waals surface area contributed by atoms with Crippen LogP contribution < -0.4 is 20.1 Å². The van der Waals surface area contributed by atoms with Gasteiger partial charge in [-0.3, -0.25) is 9.59 Å². The molecular weight excluding hydrogens is 741 g/mol. The number of likely N-dealkylation sites (tertiary alicyclic amines) is 2. The molecule has 4 aliphatic rings. The van der Waals surface area contributed by atoms with E-state index >= 15 is 0 Å². The quantitative estimate of drug-likeness (QED) is 0.133. The van der Waals surface area contributed by atoms with Crippen LogP contribution in [-0.4, -0.2) is 99.2 Å². The van der Waals surface area contributed by atoms with Gasteiger partial charge in [0, 0.05) is 59.6 Å². The van der Waals surface area contributed by atoms with Gasteiger partial charge in [-0.1, -0.05) is 27.7 Å². The van der Waals surface area contributed by atoms with Crippen molar-refractivity contribution in [3.05, 3.63) is 59.4 Å². The van der Waals surface area contributed by atoms with E-state index in [9.17, 15) is 14.4 Å². The van der Waals surface area contributed by atoms with Gasteiger partial charge in [0.15, 0.2) is 0 Å². The maximum Gasteiger partial charge on any atom is 0.407 e. The first-order chi connectivity index (χ1) is 27.9. The zero-order chi connectivity index (χ0) is 40.8. The number of aromatic amines is 2. The number of imidazole rings is 2. The zero-order valence-corrected chi connectivity index (χ0v) is 34.3. The minimum Gasteiger partial charge on any atom is -0.488 e. The molecular formula is C43H54N8O7. The van der Waals surface area contributed by atoms with Gasteiger partial charge in [0.05, 0.1) is 49.1 Å². The third-order valence-corrected chi connectivity index (χ3v) is 11.9. The first-order valence-electron chi connectivity index (χ1n) is 20.4. The largest absolute Gasteiger partial charge is 0.488 e. The van der Waals surface area contributed by atoms with Crippen LogP contribution in [0.2, 0.25) is 0 Å². The van der Waals surface area contributed by atoms with E-state index in [1.165, 1.54) is 7.11 Å². The summed E-state index contributed by atoms with van der Waals surface area (Å²) in [6.07, 6.45) is 6.06. The summed E-state index contributed by atoms with van der Waals surface area (Å²) >= 11 is 0. The highest BCUT2D eigenvalue weighted by atomic mass is 16.5. The molecule has 2 saturated heterocycles. The second kappa shape index (κ2) is 16.1. The van der Waals surface area contributed by atoms with E-state index < -0.39 is 18.2 Å². The SMILES string of the molecule is COC(=O)N[C@H](C(=O)N1CCC[C@H]1c1ncc(-c2cc3c4c(c2)OCc2cc(-c5cnc([C@@H]6CCCN6C(=O)[C@@H](NC(C)C)[C@@H](C)OC)[nH]5)cc(c2-4)OC3)[nH]1)C(C)C. The molecule has 0 radical (unpaired) electrons. The smallest absolute Gasteiger partial charge is 0.407 e. The van der Waals surface area contributed by atoms with Crippen LogP contribution >= 0.6 is 0 Å². The first kappa shape index (κ1) is 39.4. The lowest BCUT2D eigenvalue weighted by molar-refractivity contribution is -0.138. The van der Waals surface area contributed by atoms with Crippen LogP contribution in [0, 0.1) is 5.92 Å². The highest BCUT2D eigenvalue weighted by molar-refractivity contribution is 5.89. The van der Waals surface area contributed by atoms with Crippen molar-refractivity contribution in [2.45, 2.75) is 110 Å². The number of aromatic nitrogens is 4. The Kier molecular flexibility index (Phi) is 10.9. The van der Waals surface area contributed by atoms with Crippen molar-refractivity contribution in [2.24, 2.45) is 5.92 Å². The number of methoxy groups -OCH3 is 2. The molecule has 3 amide bonds. The topological polar surface area (TPSA) is 176 Å². The number of alkyl carbamates (subject to hydrolysis) is 1. The average molecular weight is 795 g/mol. The summed E-state index contributed by atoms with van der Waals surface area (Å²) in [6.45, 7) is 11.8. The molecule has 308 valence electrons. The molecule has 0 spiro atoms. The fourth-order valence-corrected chi connectivity index (χ4v) is 8.89. The third kappa shape index (κ3) is 7.30. The molecule has 4 N–H and O–H groups in total. The first-order valence-corrected chi connectivity index (χ1v) is 20.4. The van der Waals surface area contributed by atoms with Crippen molar-refractivity contribution >= 4 is 17.9 Å². The highest BCUT2D eigenvalue weighted by Gasteiger charge is 2.40. The predicted molar refractivity (Wildman–Crippen MR) is 216 cm³/mol. The molecule has 2 fully saturated rings. The number of H-pyrrole nitrogens is 2. The number of hydrogen-bond acceptors (Lipinski definition) is 10. The molecule has 15 nitrogen and oxygen atoms in total. The Labute approximate surface area is 338 Å². The van der Waals surface area contributed by atoms with Crippen molar-refractivity contribution in [1.29, 1.82) is 0 Å².